The van der Waals surface area contributed by atoms with E-state index in [-0.39, 0.29) is 0 Å². The van der Waals surface area contributed by atoms with E-state index in [1.807, 2.05) is 30.3 Å². The lowest BCUT2D eigenvalue weighted by Crippen LogP contribution is -1.96. The predicted molar refractivity (Wildman–Crippen MR) is 106 cm³/mol. The minimum absolute atomic E-state index is 0.458. The number of fused-ring (bicyclic) bond motifs is 1. The van der Waals surface area contributed by atoms with Gasteiger partial charge in [-0.25, -0.2) is 9.97 Å². The molecule has 138 valence electrons. The lowest BCUT2D eigenvalue weighted by Gasteiger charge is -2.09. The Hall–Kier alpha value is -3.80. The molecule has 0 atom stereocenters. The molecule has 0 radical (unpaired) electrons. The average Bonchev–Trinajstić information content (AvgIpc) is 3.44. The molecule has 5 rings (SSSR count). The number of nitrogens with one attached hydrogen (secondary N) is 1. The number of benzene rings is 1. The van der Waals surface area contributed by atoms with Gasteiger partial charge in [-0.3, -0.25) is 0 Å². The second kappa shape index (κ2) is 6.42. The maximum atomic E-state index is 6.04. The summed E-state index contributed by atoms with van der Waals surface area (Å²) in [6, 6.07) is 13.6. The van der Waals surface area contributed by atoms with Crippen LogP contribution in [0.5, 0.6) is 0 Å². The zero-order valence-corrected chi connectivity index (χ0v) is 15.4. The van der Waals surface area contributed by atoms with Crippen molar-refractivity contribution in [3.63, 3.8) is 0 Å². The third-order valence-corrected chi connectivity index (χ3v) is 4.77. The molecular formula is C22H17N3O3. The van der Waals surface area contributed by atoms with E-state index in [1.165, 1.54) is 17.5 Å². The van der Waals surface area contributed by atoms with E-state index < -0.39 is 0 Å². The Kier molecular flexibility index (Phi) is 3.76. The number of rotatable bonds is 4. The molecule has 0 bridgehead atoms. The van der Waals surface area contributed by atoms with Gasteiger partial charge in [0.05, 0.1) is 23.5 Å². The van der Waals surface area contributed by atoms with E-state index in [1.54, 1.807) is 12.5 Å². The molecule has 1 N–H and O–H groups in total. The number of furan rings is 3. The van der Waals surface area contributed by atoms with Gasteiger partial charge in [0, 0.05) is 5.69 Å². The molecule has 0 aliphatic rings. The van der Waals surface area contributed by atoms with Gasteiger partial charge in [-0.1, -0.05) is 6.07 Å². The fraction of sp³-hybridized carbons (Fsp3) is 0.0909. The van der Waals surface area contributed by atoms with Crippen molar-refractivity contribution >= 4 is 22.6 Å². The second-order valence-electron chi connectivity index (χ2n) is 6.59. The number of aromatic nitrogens is 2. The van der Waals surface area contributed by atoms with Crippen molar-refractivity contribution in [3.05, 3.63) is 72.4 Å². The first-order valence-corrected chi connectivity index (χ1v) is 8.90. The number of hydrogen-bond donors (Lipinski definition) is 1. The molecule has 0 fully saturated rings. The first-order valence-electron chi connectivity index (χ1n) is 8.90. The summed E-state index contributed by atoms with van der Waals surface area (Å²) in [5.41, 5.74) is 4.58. The second-order valence-corrected chi connectivity index (χ2v) is 6.59. The standard InChI is InChI=1S/C22H17N3O3/c1-13-7-8-15(11-14(13)2)25-21-19-18(16-5-3-9-26-16)20(17-6-4-10-27-17)28-22(19)24-12-23-21/h3-12H,1-2H3,(H,23,24,25). The zero-order valence-electron chi connectivity index (χ0n) is 15.4. The van der Waals surface area contributed by atoms with Gasteiger partial charge in [0.2, 0.25) is 5.71 Å². The zero-order chi connectivity index (χ0) is 19.1. The van der Waals surface area contributed by atoms with Gasteiger partial charge in [0.15, 0.2) is 11.5 Å². The van der Waals surface area contributed by atoms with E-state index in [0.717, 1.165) is 16.6 Å². The highest BCUT2D eigenvalue weighted by molar-refractivity contribution is 6.05. The quantitative estimate of drug-likeness (QED) is 0.411. The highest BCUT2D eigenvalue weighted by Crippen LogP contribution is 2.43. The van der Waals surface area contributed by atoms with Gasteiger partial charge in [-0.05, 0) is 61.4 Å². The molecule has 0 spiro atoms. The maximum absolute atomic E-state index is 6.04. The summed E-state index contributed by atoms with van der Waals surface area (Å²) in [5, 5.41) is 4.13. The van der Waals surface area contributed by atoms with E-state index in [4.69, 9.17) is 13.3 Å². The van der Waals surface area contributed by atoms with Crippen molar-refractivity contribution in [2.45, 2.75) is 13.8 Å². The van der Waals surface area contributed by atoms with Crippen LogP contribution in [0.3, 0.4) is 0 Å². The summed E-state index contributed by atoms with van der Waals surface area (Å²) in [5.74, 6) is 2.45. The third kappa shape index (κ3) is 2.66. The Morgan fingerprint density at radius 2 is 1.64 bits per heavy atom. The molecule has 6 heteroatoms. The fourth-order valence-electron chi connectivity index (χ4n) is 3.22. The van der Waals surface area contributed by atoms with Crippen molar-refractivity contribution in [1.29, 1.82) is 0 Å². The number of anilines is 2. The normalized spacial score (nSPS) is 11.2. The largest absolute Gasteiger partial charge is 0.464 e. The summed E-state index contributed by atoms with van der Waals surface area (Å²) in [7, 11) is 0. The summed E-state index contributed by atoms with van der Waals surface area (Å²) in [6.07, 6.45) is 4.71. The summed E-state index contributed by atoms with van der Waals surface area (Å²) in [6.45, 7) is 4.17. The fourth-order valence-corrected chi connectivity index (χ4v) is 3.22. The molecule has 1 aromatic carbocycles. The van der Waals surface area contributed by atoms with Crippen molar-refractivity contribution in [1.82, 2.24) is 9.97 Å². The van der Waals surface area contributed by atoms with Crippen LogP contribution in [0, 0.1) is 13.8 Å². The third-order valence-electron chi connectivity index (χ3n) is 4.77. The summed E-state index contributed by atoms with van der Waals surface area (Å²) >= 11 is 0. The minimum Gasteiger partial charge on any atom is -0.464 e. The molecule has 6 nitrogen and oxygen atoms in total. The Morgan fingerprint density at radius 3 is 2.36 bits per heavy atom. The van der Waals surface area contributed by atoms with Gasteiger partial charge in [-0.2, -0.15) is 0 Å². The Labute approximate surface area is 160 Å². The van der Waals surface area contributed by atoms with Crippen molar-refractivity contribution in [2.75, 3.05) is 5.32 Å². The molecule has 4 heterocycles. The molecule has 0 saturated heterocycles. The Bertz CT molecular complexity index is 1250. The monoisotopic (exact) mass is 371 g/mol. The van der Waals surface area contributed by atoms with E-state index in [9.17, 15) is 0 Å². The topological polar surface area (TPSA) is 77.2 Å². The molecule has 4 aromatic heterocycles. The summed E-state index contributed by atoms with van der Waals surface area (Å²) in [4.78, 5) is 8.78. The highest BCUT2D eigenvalue weighted by atomic mass is 16.4. The van der Waals surface area contributed by atoms with Gasteiger partial charge >= 0.3 is 0 Å². The van der Waals surface area contributed by atoms with E-state index in [2.05, 4.69) is 41.3 Å². The molecule has 0 saturated carbocycles. The van der Waals surface area contributed by atoms with Crippen molar-refractivity contribution in [3.8, 4) is 22.8 Å². The smallest absolute Gasteiger partial charge is 0.232 e. The molecule has 5 aromatic rings. The van der Waals surface area contributed by atoms with Gasteiger partial charge < -0.3 is 18.6 Å². The van der Waals surface area contributed by atoms with Crippen molar-refractivity contribution in [2.24, 2.45) is 0 Å². The number of hydrogen-bond acceptors (Lipinski definition) is 6. The van der Waals surface area contributed by atoms with Gasteiger partial charge in [-0.15, -0.1) is 0 Å². The Morgan fingerprint density at radius 1 is 0.857 bits per heavy atom. The predicted octanol–water partition coefficient (Wildman–Crippen LogP) is 6.10. The van der Waals surface area contributed by atoms with Crippen molar-refractivity contribution < 1.29 is 13.3 Å². The number of aryl methyl sites for hydroxylation is 2. The lowest BCUT2D eigenvalue weighted by molar-refractivity contribution is 0.536. The van der Waals surface area contributed by atoms with Crippen LogP contribution in [0.2, 0.25) is 0 Å². The molecule has 0 aliphatic carbocycles. The van der Waals surface area contributed by atoms with Crippen LogP contribution >= 0.6 is 0 Å². The van der Waals surface area contributed by atoms with Crippen LogP contribution in [0.4, 0.5) is 11.5 Å². The van der Waals surface area contributed by atoms with E-state index in [0.29, 0.717) is 28.8 Å². The lowest BCUT2D eigenvalue weighted by atomic mass is 10.1. The minimum atomic E-state index is 0.458. The van der Waals surface area contributed by atoms with Gasteiger partial charge in [0.1, 0.15) is 17.9 Å². The Balaban J connectivity index is 1.73. The van der Waals surface area contributed by atoms with Gasteiger partial charge in [0.25, 0.3) is 0 Å². The maximum Gasteiger partial charge on any atom is 0.232 e. The first-order chi connectivity index (χ1) is 13.7. The number of nitrogens with zero attached hydrogens (tertiary/aromatic N) is 2. The van der Waals surface area contributed by atoms with Crippen LogP contribution in [0.25, 0.3) is 33.9 Å². The van der Waals surface area contributed by atoms with Crippen LogP contribution < -0.4 is 5.32 Å². The van der Waals surface area contributed by atoms with E-state index >= 15 is 0 Å². The molecule has 0 unspecified atom stereocenters. The first kappa shape index (κ1) is 16.4. The summed E-state index contributed by atoms with van der Waals surface area (Å²) < 4.78 is 17.3. The highest BCUT2D eigenvalue weighted by Gasteiger charge is 2.25. The molecule has 0 aliphatic heterocycles. The van der Waals surface area contributed by atoms with Crippen LogP contribution in [-0.2, 0) is 0 Å². The molecule has 0 amide bonds. The molecule has 28 heavy (non-hydrogen) atoms. The molecular weight excluding hydrogens is 354 g/mol. The van der Waals surface area contributed by atoms with Crippen LogP contribution in [-0.4, -0.2) is 9.97 Å². The average molecular weight is 371 g/mol. The van der Waals surface area contributed by atoms with Crippen LogP contribution in [0.15, 0.2) is 74.6 Å². The SMILES string of the molecule is Cc1ccc(Nc2ncnc3oc(-c4ccco4)c(-c4ccco4)c23)cc1C. The van der Waals surface area contributed by atoms with Crippen LogP contribution in [0.1, 0.15) is 11.1 Å².